The third kappa shape index (κ3) is 2.18. The fourth-order valence-electron chi connectivity index (χ4n) is 2.31. The van der Waals surface area contributed by atoms with Crippen LogP contribution in [-0.2, 0) is 4.74 Å². The van der Waals surface area contributed by atoms with E-state index in [-0.39, 0.29) is 6.09 Å². The van der Waals surface area contributed by atoms with E-state index in [2.05, 4.69) is 17.3 Å². The molecule has 4 nitrogen and oxygen atoms in total. The van der Waals surface area contributed by atoms with Crippen molar-refractivity contribution in [3.63, 3.8) is 0 Å². The third-order valence-corrected chi connectivity index (χ3v) is 3.37. The van der Waals surface area contributed by atoms with Crippen molar-refractivity contribution in [3.05, 3.63) is 0 Å². The first-order valence-electron chi connectivity index (χ1n) is 5.35. The van der Waals surface area contributed by atoms with Gasteiger partial charge >= 0.3 is 6.09 Å². The van der Waals surface area contributed by atoms with Gasteiger partial charge in [0.15, 0.2) is 0 Å². The highest BCUT2D eigenvalue weighted by molar-refractivity contribution is 5.67. The van der Waals surface area contributed by atoms with Crippen LogP contribution in [0.4, 0.5) is 4.79 Å². The number of carbonyl (C=O) groups is 1. The van der Waals surface area contributed by atoms with Crippen molar-refractivity contribution in [2.24, 2.45) is 11.8 Å². The topological polar surface area (TPSA) is 41.6 Å². The zero-order valence-corrected chi connectivity index (χ0v) is 8.66. The highest BCUT2D eigenvalue weighted by Gasteiger charge is 2.29. The number of cyclic esters (lactones) is 1. The Balaban J connectivity index is 1.81. The van der Waals surface area contributed by atoms with E-state index in [1.807, 2.05) is 0 Å². The van der Waals surface area contributed by atoms with Crippen molar-refractivity contribution in [2.75, 3.05) is 33.3 Å². The lowest BCUT2D eigenvalue weighted by atomic mass is 9.84. The molecule has 1 unspecified atom stereocenters. The summed E-state index contributed by atoms with van der Waals surface area (Å²) in [5.74, 6) is 1.26. The van der Waals surface area contributed by atoms with Crippen LogP contribution in [0.2, 0.25) is 0 Å². The van der Waals surface area contributed by atoms with Crippen LogP contribution in [0.25, 0.3) is 0 Å². The molecule has 80 valence electrons. The predicted molar refractivity (Wildman–Crippen MR) is 53.1 cm³/mol. The van der Waals surface area contributed by atoms with E-state index in [1.54, 1.807) is 0 Å². The van der Waals surface area contributed by atoms with Gasteiger partial charge in [0.05, 0.1) is 6.61 Å². The lowest BCUT2D eigenvalue weighted by Crippen LogP contribution is -2.44. The standard InChI is InChI=1S/C10H18N2O2/c1-12-4-2-8(3-5-12)9-6-11-10(13)14-7-9/h8-9H,2-7H2,1H3,(H,11,13). The molecule has 1 amide bonds. The number of amides is 1. The number of piperidine rings is 1. The van der Waals surface area contributed by atoms with Gasteiger partial charge in [0.25, 0.3) is 0 Å². The first-order chi connectivity index (χ1) is 6.75. The third-order valence-electron chi connectivity index (χ3n) is 3.37. The summed E-state index contributed by atoms with van der Waals surface area (Å²) in [4.78, 5) is 13.2. The van der Waals surface area contributed by atoms with E-state index in [1.165, 1.54) is 25.9 Å². The van der Waals surface area contributed by atoms with Crippen LogP contribution in [0.15, 0.2) is 0 Å². The van der Waals surface area contributed by atoms with Gasteiger partial charge in [0.2, 0.25) is 0 Å². The second-order valence-corrected chi connectivity index (χ2v) is 4.38. The first kappa shape index (κ1) is 9.77. The molecule has 0 saturated carbocycles. The summed E-state index contributed by atoms with van der Waals surface area (Å²) in [6.07, 6.45) is 2.22. The SMILES string of the molecule is CN1CCC(C2CNC(=O)OC2)CC1. The predicted octanol–water partition coefficient (Wildman–Crippen LogP) is 0.684. The molecule has 4 heteroatoms. The number of nitrogens with one attached hydrogen (secondary N) is 1. The fraction of sp³-hybridized carbons (Fsp3) is 0.900. The van der Waals surface area contributed by atoms with Crippen LogP contribution in [0.3, 0.4) is 0 Å². The number of likely N-dealkylation sites (tertiary alicyclic amines) is 1. The summed E-state index contributed by atoms with van der Waals surface area (Å²) >= 11 is 0. The molecule has 0 aliphatic carbocycles. The van der Waals surface area contributed by atoms with Gasteiger partial charge < -0.3 is 15.0 Å². The number of rotatable bonds is 1. The lowest BCUT2D eigenvalue weighted by Gasteiger charge is -2.35. The van der Waals surface area contributed by atoms with Gasteiger partial charge in [-0.05, 0) is 38.9 Å². The molecule has 0 bridgehead atoms. The van der Waals surface area contributed by atoms with E-state index in [0.29, 0.717) is 12.5 Å². The average Bonchev–Trinajstić information content (AvgIpc) is 2.21. The molecule has 1 N–H and O–H groups in total. The Bertz CT molecular complexity index is 202. The van der Waals surface area contributed by atoms with Crippen LogP contribution in [0.1, 0.15) is 12.8 Å². The van der Waals surface area contributed by atoms with Crippen molar-refractivity contribution in [1.82, 2.24) is 10.2 Å². The number of hydrogen-bond acceptors (Lipinski definition) is 3. The van der Waals surface area contributed by atoms with Gasteiger partial charge in [-0.15, -0.1) is 0 Å². The zero-order chi connectivity index (χ0) is 9.97. The monoisotopic (exact) mass is 198 g/mol. The molecule has 2 saturated heterocycles. The van der Waals surface area contributed by atoms with E-state index in [0.717, 1.165) is 12.5 Å². The molecular formula is C10H18N2O2. The Morgan fingerprint density at radius 1 is 1.36 bits per heavy atom. The Morgan fingerprint density at radius 2 is 2.07 bits per heavy atom. The minimum absolute atomic E-state index is 0.255. The molecule has 2 aliphatic heterocycles. The molecular weight excluding hydrogens is 180 g/mol. The minimum atomic E-state index is -0.255. The molecule has 2 rings (SSSR count). The number of alkyl carbamates (subject to hydrolysis) is 1. The molecule has 14 heavy (non-hydrogen) atoms. The smallest absolute Gasteiger partial charge is 0.407 e. The summed E-state index contributed by atoms with van der Waals surface area (Å²) in [5.41, 5.74) is 0. The number of nitrogens with zero attached hydrogens (tertiary/aromatic N) is 1. The van der Waals surface area contributed by atoms with Gasteiger partial charge in [-0.3, -0.25) is 0 Å². The second-order valence-electron chi connectivity index (χ2n) is 4.38. The van der Waals surface area contributed by atoms with Gasteiger partial charge in [-0.2, -0.15) is 0 Å². The number of hydrogen-bond donors (Lipinski definition) is 1. The Kier molecular flexibility index (Phi) is 2.91. The maximum Gasteiger partial charge on any atom is 0.407 e. The minimum Gasteiger partial charge on any atom is -0.449 e. The fourth-order valence-corrected chi connectivity index (χ4v) is 2.31. The van der Waals surface area contributed by atoms with E-state index >= 15 is 0 Å². The van der Waals surface area contributed by atoms with Crippen LogP contribution >= 0.6 is 0 Å². The molecule has 0 spiro atoms. The van der Waals surface area contributed by atoms with Gasteiger partial charge in [-0.1, -0.05) is 0 Å². The maximum absolute atomic E-state index is 10.8. The summed E-state index contributed by atoms with van der Waals surface area (Å²) in [5, 5.41) is 2.77. The maximum atomic E-state index is 10.8. The number of ether oxygens (including phenoxy) is 1. The van der Waals surface area contributed by atoms with Crippen LogP contribution in [0, 0.1) is 11.8 Å². The van der Waals surface area contributed by atoms with Crippen LogP contribution < -0.4 is 5.32 Å². The molecule has 0 aromatic rings. The Morgan fingerprint density at radius 3 is 2.64 bits per heavy atom. The number of carbonyl (C=O) groups excluding carboxylic acids is 1. The van der Waals surface area contributed by atoms with Crippen molar-refractivity contribution >= 4 is 6.09 Å². The van der Waals surface area contributed by atoms with E-state index in [4.69, 9.17) is 4.74 Å². The Hall–Kier alpha value is -0.770. The normalized spacial score (nSPS) is 30.9. The quantitative estimate of drug-likeness (QED) is 0.674. The molecule has 2 heterocycles. The summed E-state index contributed by atoms with van der Waals surface area (Å²) in [7, 11) is 2.16. The molecule has 0 aromatic heterocycles. The van der Waals surface area contributed by atoms with E-state index < -0.39 is 0 Å². The highest BCUT2D eigenvalue weighted by atomic mass is 16.6. The van der Waals surface area contributed by atoms with Crippen molar-refractivity contribution < 1.29 is 9.53 Å². The summed E-state index contributed by atoms with van der Waals surface area (Å²) < 4.78 is 5.01. The first-order valence-corrected chi connectivity index (χ1v) is 5.35. The summed E-state index contributed by atoms with van der Waals surface area (Å²) in [6, 6.07) is 0. The summed E-state index contributed by atoms with van der Waals surface area (Å²) in [6.45, 7) is 3.76. The van der Waals surface area contributed by atoms with Crippen molar-refractivity contribution in [1.29, 1.82) is 0 Å². The van der Waals surface area contributed by atoms with Gasteiger partial charge in [0, 0.05) is 12.5 Å². The molecule has 2 fully saturated rings. The second kappa shape index (κ2) is 4.17. The van der Waals surface area contributed by atoms with Crippen LogP contribution in [-0.4, -0.2) is 44.3 Å². The van der Waals surface area contributed by atoms with Crippen molar-refractivity contribution in [3.8, 4) is 0 Å². The highest BCUT2D eigenvalue weighted by Crippen LogP contribution is 2.25. The molecule has 1 atom stereocenters. The Labute approximate surface area is 84.6 Å². The zero-order valence-electron chi connectivity index (χ0n) is 8.66. The molecule has 2 aliphatic rings. The lowest BCUT2D eigenvalue weighted by molar-refractivity contribution is 0.0637. The molecule has 0 aromatic carbocycles. The average molecular weight is 198 g/mol. The van der Waals surface area contributed by atoms with Crippen LogP contribution in [0.5, 0.6) is 0 Å². The van der Waals surface area contributed by atoms with Gasteiger partial charge in [0.1, 0.15) is 0 Å². The van der Waals surface area contributed by atoms with E-state index in [9.17, 15) is 4.79 Å². The van der Waals surface area contributed by atoms with Gasteiger partial charge in [-0.25, -0.2) is 4.79 Å². The van der Waals surface area contributed by atoms with Crippen molar-refractivity contribution in [2.45, 2.75) is 12.8 Å². The molecule has 0 radical (unpaired) electrons. The largest absolute Gasteiger partial charge is 0.449 e.